The number of urea groups is 1. The number of nitrogens with one attached hydrogen (secondary N) is 2. The summed E-state index contributed by atoms with van der Waals surface area (Å²) in [6, 6.07) is 13.5. The highest BCUT2D eigenvalue weighted by Gasteiger charge is 2.17. The van der Waals surface area contributed by atoms with Crippen LogP contribution in [-0.4, -0.2) is 50.2 Å². The Morgan fingerprint density at radius 2 is 1.73 bits per heavy atom. The second-order valence-electron chi connectivity index (χ2n) is 6.17. The molecule has 3 rings (SSSR count). The van der Waals surface area contributed by atoms with Gasteiger partial charge >= 0.3 is 6.03 Å². The third-order valence-corrected chi connectivity index (χ3v) is 4.73. The molecule has 0 radical (unpaired) electrons. The lowest BCUT2D eigenvalue weighted by molar-refractivity contribution is 0.240. The molecule has 138 valence electrons. The Morgan fingerprint density at radius 1 is 1.04 bits per heavy atom. The van der Waals surface area contributed by atoms with Crippen molar-refractivity contribution in [3.8, 4) is 0 Å². The molecule has 1 aliphatic rings. The fourth-order valence-corrected chi connectivity index (χ4v) is 3.12. The topological polar surface area (TPSA) is 47.6 Å². The lowest BCUT2D eigenvalue weighted by Crippen LogP contribution is -2.48. The Labute approximate surface area is 157 Å². The number of amides is 2. The van der Waals surface area contributed by atoms with E-state index >= 15 is 0 Å². The minimum Gasteiger partial charge on any atom is -0.369 e. The van der Waals surface area contributed by atoms with Gasteiger partial charge in [0.05, 0.1) is 10.7 Å². The number of rotatable bonds is 5. The summed E-state index contributed by atoms with van der Waals surface area (Å²) in [5, 5.41) is 6.10. The first-order valence-corrected chi connectivity index (χ1v) is 9.02. The number of halogens is 2. The van der Waals surface area contributed by atoms with Crippen LogP contribution in [0, 0.1) is 5.82 Å². The maximum atomic E-state index is 13.0. The first-order chi connectivity index (χ1) is 12.6. The Bertz CT molecular complexity index is 733. The van der Waals surface area contributed by atoms with Crippen LogP contribution in [0.25, 0.3) is 0 Å². The van der Waals surface area contributed by atoms with Crippen molar-refractivity contribution in [3.05, 3.63) is 59.4 Å². The van der Waals surface area contributed by atoms with E-state index in [0.29, 0.717) is 17.3 Å². The second-order valence-corrected chi connectivity index (χ2v) is 6.57. The van der Waals surface area contributed by atoms with E-state index in [1.54, 1.807) is 12.1 Å². The molecule has 0 saturated carbocycles. The van der Waals surface area contributed by atoms with Crippen LogP contribution in [0.5, 0.6) is 0 Å². The molecule has 26 heavy (non-hydrogen) atoms. The third kappa shape index (κ3) is 5.09. The van der Waals surface area contributed by atoms with E-state index in [1.807, 2.05) is 24.3 Å². The molecule has 1 aliphatic heterocycles. The average Bonchev–Trinajstić information content (AvgIpc) is 2.65. The van der Waals surface area contributed by atoms with Crippen molar-refractivity contribution < 1.29 is 9.18 Å². The molecule has 0 atom stereocenters. The van der Waals surface area contributed by atoms with Gasteiger partial charge in [0.25, 0.3) is 0 Å². The highest BCUT2D eigenvalue weighted by molar-refractivity contribution is 6.33. The Balaban J connectivity index is 1.37. The van der Waals surface area contributed by atoms with Gasteiger partial charge in [0.15, 0.2) is 0 Å². The molecule has 0 aromatic heterocycles. The summed E-state index contributed by atoms with van der Waals surface area (Å²) in [7, 11) is 0. The molecule has 7 heteroatoms. The molecule has 0 spiro atoms. The lowest BCUT2D eigenvalue weighted by Gasteiger charge is -2.36. The predicted molar refractivity (Wildman–Crippen MR) is 104 cm³/mol. The van der Waals surface area contributed by atoms with Crippen molar-refractivity contribution in [2.45, 2.75) is 0 Å². The zero-order valence-corrected chi connectivity index (χ0v) is 15.2. The summed E-state index contributed by atoms with van der Waals surface area (Å²) < 4.78 is 13.0. The van der Waals surface area contributed by atoms with Gasteiger partial charge in [-0.1, -0.05) is 23.7 Å². The number of nitrogens with zero attached hydrogens (tertiary/aromatic N) is 2. The minimum atomic E-state index is -0.261. The molecule has 0 aliphatic carbocycles. The zero-order valence-electron chi connectivity index (χ0n) is 14.4. The van der Waals surface area contributed by atoms with Crippen LogP contribution in [0.1, 0.15) is 0 Å². The lowest BCUT2D eigenvalue weighted by atomic mass is 10.2. The molecule has 2 aromatic carbocycles. The van der Waals surface area contributed by atoms with Gasteiger partial charge in [-0.3, -0.25) is 4.90 Å². The highest BCUT2D eigenvalue weighted by Crippen LogP contribution is 2.20. The van der Waals surface area contributed by atoms with Gasteiger partial charge in [0.2, 0.25) is 0 Å². The largest absolute Gasteiger partial charge is 0.369 e. The number of piperazine rings is 1. The SMILES string of the molecule is O=C(NCCN1CCN(c2ccc(F)cc2)CC1)Nc1ccccc1Cl. The van der Waals surface area contributed by atoms with E-state index in [0.717, 1.165) is 38.4 Å². The molecule has 0 bridgehead atoms. The summed E-state index contributed by atoms with van der Waals surface area (Å²) in [5.74, 6) is -0.214. The first kappa shape index (κ1) is 18.5. The Kier molecular flexibility index (Phi) is 6.30. The summed E-state index contributed by atoms with van der Waals surface area (Å²) in [4.78, 5) is 16.5. The first-order valence-electron chi connectivity index (χ1n) is 8.64. The molecule has 0 unspecified atom stereocenters. The number of carbonyl (C=O) groups is 1. The number of hydrogen-bond acceptors (Lipinski definition) is 3. The van der Waals surface area contributed by atoms with Crippen LogP contribution >= 0.6 is 11.6 Å². The molecule has 2 amide bonds. The highest BCUT2D eigenvalue weighted by atomic mass is 35.5. The van der Waals surface area contributed by atoms with Crippen LogP contribution in [0.2, 0.25) is 5.02 Å². The summed E-state index contributed by atoms with van der Waals surface area (Å²) >= 11 is 6.02. The van der Waals surface area contributed by atoms with Gasteiger partial charge in [0.1, 0.15) is 5.82 Å². The maximum Gasteiger partial charge on any atom is 0.319 e. The molecule has 1 heterocycles. The van der Waals surface area contributed by atoms with Crippen LogP contribution in [0.4, 0.5) is 20.6 Å². The summed E-state index contributed by atoms with van der Waals surface area (Å²) in [6.07, 6.45) is 0. The van der Waals surface area contributed by atoms with E-state index < -0.39 is 0 Å². The molecule has 1 fully saturated rings. The molecule has 2 N–H and O–H groups in total. The number of hydrogen-bond donors (Lipinski definition) is 2. The Hall–Kier alpha value is -2.31. The second kappa shape index (κ2) is 8.87. The van der Waals surface area contributed by atoms with Crippen LogP contribution in [-0.2, 0) is 0 Å². The van der Waals surface area contributed by atoms with Crippen molar-refractivity contribution in [1.82, 2.24) is 10.2 Å². The fourth-order valence-electron chi connectivity index (χ4n) is 2.94. The number of benzene rings is 2. The molecule has 2 aromatic rings. The Morgan fingerprint density at radius 3 is 2.42 bits per heavy atom. The smallest absolute Gasteiger partial charge is 0.319 e. The standard InChI is InChI=1S/C19H22ClFN4O/c20-17-3-1-2-4-18(17)23-19(26)22-9-10-24-11-13-25(14-12-24)16-7-5-15(21)6-8-16/h1-8H,9-14H2,(H2,22,23,26). The van der Waals surface area contributed by atoms with Crippen molar-refractivity contribution in [2.75, 3.05) is 49.5 Å². The van der Waals surface area contributed by atoms with Gasteiger partial charge in [-0.05, 0) is 36.4 Å². The van der Waals surface area contributed by atoms with E-state index in [4.69, 9.17) is 11.6 Å². The van der Waals surface area contributed by atoms with Gasteiger partial charge in [0, 0.05) is 45.0 Å². The van der Waals surface area contributed by atoms with Crippen LogP contribution < -0.4 is 15.5 Å². The van der Waals surface area contributed by atoms with Gasteiger partial charge < -0.3 is 15.5 Å². The summed E-state index contributed by atoms with van der Waals surface area (Å²) in [6.45, 7) is 4.94. The third-order valence-electron chi connectivity index (χ3n) is 4.40. The maximum absolute atomic E-state index is 13.0. The number of carbonyl (C=O) groups excluding carboxylic acids is 1. The van der Waals surface area contributed by atoms with Crippen LogP contribution in [0.3, 0.4) is 0 Å². The van der Waals surface area contributed by atoms with Gasteiger partial charge in [-0.2, -0.15) is 0 Å². The quantitative estimate of drug-likeness (QED) is 0.840. The molecule has 1 saturated heterocycles. The van der Waals surface area contributed by atoms with Crippen molar-refractivity contribution in [1.29, 1.82) is 0 Å². The zero-order chi connectivity index (χ0) is 18.4. The number of para-hydroxylation sites is 1. The predicted octanol–water partition coefficient (Wildman–Crippen LogP) is 3.42. The average molecular weight is 377 g/mol. The monoisotopic (exact) mass is 376 g/mol. The molecular formula is C19H22ClFN4O. The van der Waals surface area contributed by atoms with Crippen LogP contribution in [0.15, 0.2) is 48.5 Å². The normalized spacial score (nSPS) is 14.9. The fraction of sp³-hybridized carbons (Fsp3) is 0.316. The van der Waals surface area contributed by atoms with Gasteiger partial charge in [-0.15, -0.1) is 0 Å². The molecule has 5 nitrogen and oxygen atoms in total. The van der Waals surface area contributed by atoms with E-state index in [1.165, 1.54) is 12.1 Å². The van der Waals surface area contributed by atoms with E-state index in [-0.39, 0.29) is 11.8 Å². The summed E-state index contributed by atoms with van der Waals surface area (Å²) in [5.41, 5.74) is 1.64. The number of anilines is 2. The van der Waals surface area contributed by atoms with Gasteiger partial charge in [-0.25, -0.2) is 9.18 Å². The van der Waals surface area contributed by atoms with Crippen molar-refractivity contribution in [3.63, 3.8) is 0 Å². The van der Waals surface area contributed by atoms with Crippen molar-refractivity contribution in [2.24, 2.45) is 0 Å². The van der Waals surface area contributed by atoms with Crippen molar-refractivity contribution >= 4 is 29.0 Å². The molecular weight excluding hydrogens is 355 g/mol. The minimum absolute atomic E-state index is 0.214. The van der Waals surface area contributed by atoms with E-state index in [9.17, 15) is 9.18 Å². The van der Waals surface area contributed by atoms with E-state index in [2.05, 4.69) is 20.4 Å².